The first kappa shape index (κ1) is 31.1. The zero-order chi connectivity index (χ0) is 34.6. The zero-order valence-corrected chi connectivity index (χ0v) is 26.8. The van der Waals surface area contributed by atoms with Crippen molar-refractivity contribution >= 4 is 51.2 Å². The number of amides is 1. The van der Waals surface area contributed by atoms with Crippen LogP contribution in [-0.2, 0) is 25.5 Å². The quantitative estimate of drug-likeness (QED) is 0.257. The van der Waals surface area contributed by atoms with E-state index in [1.807, 2.05) is 13.8 Å². The number of phenolic OH excluding ortho intramolecular Hbond substituents is 2. The van der Waals surface area contributed by atoms with E-state index in [2.05, 4.69) is 0 Å². The van der Waals surface area contributed by atoms with Crippen LogP contribution in [0.2, 0.25) is 0 Å². The number of carbonyl (C=O) groups is 5. The normalized spacial score (nSPS) is 22.0. The van der Waals surface area contributed by atoms with Crippen molar-refractivity contribution in [2.45, 2.75) is 58.7 Å². The summed E-state index contributed by atoms with van der Waals surface area (Å²) in [5, 5.41) is 21.8. The Balaban J connectivity index is 1.35. The van der Waals surface area contributed by atoms with Crippen LogP contribution in [0.15, 0.2) is 45.6 Å². The third-order valence-electron chi connectivity index (χ3n) is 9.52. The molecule has 1 aromatic heterocycles. The Labute approximate surface area is 272 Å². The Hall–Kier alpha value is -5.52. The van der Waals surface area contributed by atoms with Gasteiger partial charge in [-0.1, -0.05) is 26.8 Å². The maximum absolute atomic E-state index is 14.4. The van der Waals surface area contributed by atoms with Crippen LogP contribution < -0.4 is 5.43 Å². The molecular formula is C36H31NO11. The fraction of sp³-hybridized carbons (Fsp3) is 0.333. The van der Waals surface area contributed by atoms with E-state index in [0.717, 1.165) is 11.0 Å². The third-order valence-corrected chi connectivity index (χ3v) is 9.52. The van der Waals surface area contributed by atoms with Gasteiger partial charge >= 0.3 is 11.9 Å². The lowest BCUT2D eigenvalue weighted by Crippen LogP contribution is -2.61. The molecule has 48 heavy (non-hydrogen) atoms. The molecule has 12 heteroatoms. The summed E-state index contributed by atoms with van der Waals surface area (Å²) >= 11 is 0. The zero-order valence-electron chi connectivity index (χ0n) is 26.8. The maximum Gasteiger partial charge on any atom is 0.337 e. The maximum atomic E-state index is 14.4. The second-order valence-electron chi connectivity index (χ2n) is 13.6. The average molecular weight is 654 g/mol. The van der Waals surface area contributed by atoms with E-state index in [-0.39, 0.29) is 51.1 Å². The molecule has 3 unspecified atom stereocenters. The second-order valence-corrected chi connectivity index (χ2v) is 13.6. The number of phenols is 2. The van der Waals surface area contributed by atoms with E-state index in [4.69, 9.17) is 13.9 Å². The summed E-state index contributed by atoms with van der Waals surface area (Å²) in [6.45, 7) is 8.13. The number of ether oxygens (including phenoxy) is 2. The van der Waals surface area contributed by atoms with Crippen LogP contribution in [0, 0.1) is 11.8 Å². The molecule has 3 aliphatic rings. The third kappa shape index (κ3) is 4.21. The predicted molar refractivity (Wildman–Crippen MR) is 169 cm³/mol. The summed E-state index contributed by atoms with van der Waals surface area (Å²) in [5.41, 5.74) is -4.97. The van der Waals surface area contributed by atoms with Crippen LogP contribution >= 0.6 is 0 Å². The van der Waals surface area contributed by atoms with Gasteiger partial charge in [-0.05, 0) is 67.5 Å². The molecule has 1 saturated heterocycles. The van der Waals surface area contributed by atoms with Gasteiger partial charge in [0.2, 0.25) is 17.0 Å². The fourth-order valence-electron chi connectivity index (χ4n) is 7.40. The van der Waals surface area contributed by atoms with Crippen LogP contribution in [-0.4, -0.2) is 62.4 Å². The molecule has 4 aromatic rings. The summed E-state index contributed by atoms with van der Waals surface area (Å²) in [7, 11) is 0. The number of rotatable bonds is 5. The summed E-state index contributed by atoms with van der Waals surface area (Å²) in [5.74, 6) is -5.39. The number of nitrogens with zero attached hydrogens (tertiary/aromatic N) is 1. The molecule has 0 saturated carbocycles. The van der Waals surface area contributed by atoms with Crippen LogP contribution in [0.1, 0.15) is 89.0 Å². The predicted octanol–water partition coefficient (Wildman–Crippen LogP) is 4.39. The van der Waals surface area contributed by atoms with E-state index in [9.17, 15) is 39.0 Å². The van der Waals surface area contributed by atoms with Crippen molar-refractivity contribution in [3.63, 3.8) is 0 Å². The number of ketones is 2. The van der Waals surface area contributed by atoms with Crippen molar-refractivity contribution in [1.29, 1.82) is 0 Å². The molecule has 246 valence electrons. The summed E-state index contributed by atoms with van der Waals surface area (Å²) in [6, 6.07) is 8.16. The summed E-state index contributed by atoms with van der Waals surface area (Å²) in [6.07, 6.45) is 0.522. The Morgan fingerprint density at radius 2 is 1.69 bits per heavy atom. The highest BCUT2D eigenvalue weighted by Crippen LogP contribution is 2.48. The molecule has 3 aromatic carbocycles. The Morgan fingerprint density at radius 1 is 0.958 bits per heavy atom. The highest BCUT2D eigenvalue weighted by Gasteiger charge is 2.64. The van der Waals surface area contributed by atoms with Crippen molar-refractivity contribution in [2.24, 2.45) is 11.8 Å². The molecular weight excluding hydrogens is 622 g/mol. The molecule has 3 heterocycles. The standard InChI is InChI=1S/C36H31NO11/c1-15(2)10-16(3)33(44)46-14-35(4)34(45)48-36(5)13-18-11-17-6-8-20-25(23(17)29(41)24(18)32(43)37(35)36)30(42)26-27(39)21-12-19(38)7-9-22(21)47-31(26)28(20)40/h6-9,11-12,15-16,38,41H,10,13-14H2,1-5H3. The molecule has 0 bridgehead atoms. The van der Waals surface area contributed by atoms with Crippen LogP contribution in [0.3, 0.4) is 0 Å². The van der Waals surface area contributed by atoms with Gasteiger partial charge in [-0.2, -0.15) is 0 Å². The van der Waals surface area contributed by atoms with Crippen molar-refractivity contribution in [2.75, 3.05) is 6.61 Å². The number of carbonyl (C=O) groups excluding carboxylic acids is 5. The number of hydrogen-bond acceptors (Lipinski definition) is 11. The molecule has 1 fully saturated rings. The molecule has 2 N–H and O–H groups in total. The molecule has 0 spiro atoms. The monoisotopic (exact) mass is 653 g/mol. The lowest BCUT2D eigenvalue weighted by atomic mass is 9.80. The minimum absolute atomic E-state index is 0.00186. The van der Waals surface area contributed by atoms with Gasteiger partial charge in [-0.25, -0.2) is 4.79 Å². The van der Waals surface area contributed by atoms with Gasteiger partial charge in [-0.15, -0.1) is 0 Å². The number of fused-ring (bicyclic) bond motifs is 7. The second kappa shape index (κ2) is 10.2. The first-order valence-corrected chi connectivity index (χ1v) is 15.5. The molecule has 3 atom stereocenters. The largest absolute Gasteiger partial charge is 0.508 e. The Morgan fingerprint density at radius 3 is 2.40 bits per heavy atom. The molecule has 1 amide bonds. The van der Waals surface area contributed by atoms with Gasteiger partial charge in [0.15, 0.2) is 17.0 Å². The number of benzene rings is 3. The molecule has 2 aliphatic heterocycles. The first-order chi connectivity index (χ1) is 22.6. The average Bonchev–Trinajstić information content (AvgIpc) is 3.22. The first-order valence-electron chi connectivity index (χ1n) is 15.5. The highest BCUT2D eigenvalue weighted by molar-refractivity contribution is 6.32. The SMILES string of the molecule is CC(C)CC(C)C(=O)OCC1(C)C(=O)OC2(C)Cc3cc4ccc5c(c4c(O)c3C(=O)N21)C(=O)c1c(oc2ccc(O)cc2c1=O)C5=O. The topological polar surface area (TPSA) is 178 Å². The molecule has 12 nitrogen and oxygen atoms in total. The smallest absolute Gasteiger partial charge is 0.337 e. The van der Waals surface area contributed by atoms with Gasteiger partial charge in [0.1, 0.15) is 29.3 Å². The summed E-state index contributed by atoms with van der Waals surface area (Å²) in [4.78, 5) is 82.9. The molecule has 0 radical (unpaired) electrons. The van der Waals surface area contributed by atoms with E-state index >= 15 is 0 Å². The van der Waals surface area contributed by atoms with E-state index in [1.165, 1.54) is 31.2 Å². The lowest BCUT2D eigenvalue weighted by Gasteiger charge is -2.42. The highest BCUT2D eigenvalue weighted by atomic mass is 16.6. The van der Waals surface area contributed by atoms with Gasteiger partial charge < -0.3 is 24.1 Å². The van der Waals surface area contributed by atoms with Crippen LogP contribution in [0.5, 0.6) is 11.5 Å². The Bertz CT molecular complexity index is 2250. The van der Waals surface area contributed by atoms with E-state index in [1.54, 1.807) is 19.9 Å². The van der Waals surface area contributed by atoms with E-state index in [0.29, 0.717) is 17.4 Å². The summed E-state index contributed by atoms with van der Waals surface area (Å²) < 4.78 is 17.0. The van der Waals surface area contributed by atoms with E-state index < -0.39 is 75.7 Å². The van der Waals surface area contributed by atoms with Gasteiger partial charge in [0.25, 0.3) is 5.91 Å². The van der Waals surface area contributed by atoms with Crippen molar-refractivity contribution in [3.05, 3.63) is 80.2 Å². The van der Waals surface area contributed by atoms with Crippen molar-refractivity contribution < 1.29 is 48.1 Å². The minimum atomic E-state index is -1.75. The van der Waals surface area contributed by atoms with Gasteiger partial charge in [0, 0.05) is 22.9 Å². The van der Waals surface area contributed by atoms with Gasteiger partial charge in [-0.3, -0.25) is 28.9 Å². The Kier molecular flexibility index (Phi) is 6.63. The van der Waals surface area contributed by atoms with Crippen molar-refractivity contribution in [1.82, 2.24) is 4.90 Å². The van der Waals surface area contributed by atoms with Crippen LogP contribution in [0.4, 0.5) is 0 Å². The number of esters is 2. The van der Waals surface area contributed by atoms with Crippen molar-refractivity contribution in [3.8, 4) is 11.5 Å². The minimum Gasteiger partial charge on any atom is -0.508 e. The number of hydrogen-bond donors (Lipinski definition) is 2. The lowest BCUT2D eigenvalue weighted by molar-refractivity contribution is -0.155. The molecule has 1 aliphatic carbocycles. The molecule has 7 rings (SSSR count). The van der Waals surface area contributed by atoms with Gasteiger partial charge in [0.05, 0.1) is 16.9 Å². The fourth-order valence-corrected chi connectivity index (χ4v) is 7.40. The number of aromatic hydroxyl groups is 2. The van der Waals surface area contributed by atoms with Crippen LogP contribution in [0.25, 0.3) is 21.7 Å².